The summed E-state index contributed by atoms with van der Waals surface area (Å²) in [7, 11) is 0. The van der Waals surface area contributed by atoms with Gasteiger partial charge in [-0.3, -0.25) is 0 Å². The number of rotatable bonds is 2. The molecule has 0 aromatic heterocycles. The summed E-state index contributed by atoms with van der Waals surface area (Å²) in [6.07, 6.45) is 0. The van der Waals surface area contributed by atoms with Gasteiger partial charge in [-0.05, 0) is 22.1 Å². The molecule has 0 aliphatic rings. The van der Waals surface area contributed by atoms with Gasteiger partial charge in [0.05, 0.1) is 6.61 Å². The first kappa shape index (κ1) is 11.7. The summed E-state index contributed by atoms with van der Waals surface area (Å²) in [4.78, 5) is 0. The highest BCUT2D eigenvalue weighted by Crippen LogP contribution is 2.25. The number of hydrogen-bond donors (Lipinski definition) is 1. The Morgan fingerprint density at radius 1 is 1.14 bits per heavy atom. The predicted molar refractivity (Wildman–Crippen MR) is 63.7 cm³/mol. The Morgan fingerprint density at radius 2 is 1.71 bits per heavy atom. The Bertz CT molecular complexity index is 290. The summed E-state index contributed by atoms with van der Waals surface area (Å²) in [5, 5.41) is 9.97. The summed E-state index contributed by atoms with van der Waals surface area (Å²) in [6.45, 7) is 6.66. The molecule has 0 aliphatic heterocycles. The third-order valence-corrected chi connectivity index (χ3v) is 2.90. The van der Waals surface area contributed by atoms with Crippen molar-refractivity contribution in [3.63, 3.8) is 0 Å². The topological polar surface area (TPSA) is 20.2 Å². The molecule has 0 spiro atoms. The summed E-state index contributed by atoms with van der Waals surface area (Å²) in [5.74, 6) is 0. The first-order valence-electron chi connectivity index (χ1n) is 4.77. The maximum absolute atomic E-state index is 9.13. The Labute approximate surface area is 94.3 Å². The molecule has 0 heterocycles. The van der Waals surface area contributed by atoms with Gasteiger partial charge in [0.2, 0.25) is 0 Å². The number of benzene rings is 1. The fourth-order valence-corrected chi connectivity index (χ4v) is 1.69. The standard InChI is InChI=1S/C12H17BrO/c1-12(2,3)11-5-9(7-13)4-10(6-11)8-14/h4-6,14H,7-8H2,1-3H3. The highest BCUT2D eigenvalue weighted by atomic mass is 79.9. The highest BCUT2D eigenvalue weighted by molar-refractivity contribution is 9.08. The van der Waals surface area contributed by atoms with Crippen molar-refractivity contribution in [2.75, 3.05) is 0 Å². The lowest BCUT2D eigenvalue weighted by atomic mass is 9.85. The largest absolute Gasteiger partial charge is 0.392 e. The van der Waals surface area contributed by atoms with Crippen LogP contribution in [-0.2, 0) is 17.4 Å². The van der Waals surface area contributed by atoms with Gasteiger partial charge in [-0.1, -0.05) is 54.9 Å². The van der Waals surface area contributed by atoms with E-state index in [0.717, 1.165) is 10.9 Å². The van der Waals surface area contributed by atoms with Crippen molar-refractivity contribution in [2.24, 2.45) is 0 Å². The fourth-order valence-electron chi connectivity index (χ4n) is 1.36. The monoisotopic (exact) mass is 256 g/mol. The smallest absolute Gasteiger partial charge is 0.0682 e. The average molecular weight is 257 g/mol. The van der Waals surface area contributed by atoms with Crippen molar-refractivity contribution in [1.29, 1.82) is 0 Å². The molecule has 0 amide bonds. The predicted octanol–water partition coefficient (Wildman–Crippen LogP) is 3.37. The molecule has 1 rings (SSSR count). The van der Waals surface area contributed by atoms with E-state index in [1.165, 1.54) is 11.1 Å². The van der Waals surface area contributed by atoms with Crippen molar-refractivity contribution in [2.45, 2.75) is 38.1 Å². The van der Waals surface area contributed by atoms with Crippen LogP contribution in [0.5, 0.6) is 0 Å². The Hall–Kier alpha value is -0.340. The fraction of sp³-hybridized carbons (Fsp3) is 0.500. The molecule has 1 nitrogen and oxygen atoms in total. The lowest BCUT2D eigenvalue weighted by molar-refractivity contribution is 0.281. The minimum atomic E-state index is 0.115. The van der Waals surface area contributed by atoms with Gasteiger partial charge in [-0.2, -0.15) is 0 Å². The van der Waals surface area contributed by atoms with Crippen LogP contribution in [0.1, 0.15) is 37.5 Å². The van der Waals surface area contributed by atoms with E-state index < -0.39 is 0 Å². The van der Waals surface area contributed by atoms with Crippen LogP contribution in [0.15, 0.2) is 18.2 Å². The third kappa shape index (κ3) is 2.82. The molecule has 0 radical (unpaired) electrons. The lowest BCUT2D eigenvalue weighted by Crippen LogP contribution is -2.12. The van der Waals surface area contributed by atoms with E-state index in [4.69, 9.17) is 5.11 Å². The van der Waals surface area contributed by atoms with Crippen LogP contribution in [0.3, 0.4) is 0 Å². The van der Waals surface area contributed by atoms with Crippen molar-refractivity contribution >= 4 is 15.9 Å². The van der Waals surface area contributed by atoms with E-state index in [1.807, 2.05) is 6.07 Å². The zero-order valence-corrected chi connectivity index (χ0v) is 10.6. The van der Waals surface area contributed by atoms with E-state index in [2.05, 4.69) is 48.8 Å². The SMILES string of the molecule is CC(C)(C)c1cc(CO)cc(CBr)c1. The van der Waals surface area contributed by atoms with Gasteiger partial charge in [-0.25, -0.2) is 0 Å². The van der Waals surface area contributed by atoms with E-state index in [9.17, 15) is 0 Å². The molecule has 2 heteroatoms. The first-order chi connectivity index (χ1) is 6.47. The molecule has 14 heavy (non-hydrogen) atoms. The molecule has 0 saturated carbocycles. The second-order valence-electron chi connectivity index (χ2n) is 4.58. The van der Waals surface area contributed by atoms with Gasteiger partial charge in [0.1, 0.15) is 0 Å². The molecule has 0 bridgehead atoms. The number of hydrogen-bond acceptors (Lipinski definition) is 1. The summed E-state index contributed by atoms with van der Waals surface area (Å²) >= 11 is 3.44. The van der Waals surface area contributed by atoms with Gasteiger partial charge in [0.15, 0.2) is 0 Å². The minimum Gasteiger partial charge on any atom is -0.392 e. The first-order valence-corrected chi connectivity index (χ1v) is 5.89. The molecule has 0 saturated heterocycles. The molecule has 0 atom stereocenters. The number of alkyl halides is 1. The number of halogens is 1. The maximum Gasteiger partial charge on any atom is 0.0682 e. The van der Waals surface area contributed by atoms with Gasteiger partial charge in [-0.15, -0.1) is 0 Å². The van der Waals surface area contributed by atoms with Crippen LogP contribution in [0.25, 0.3) is 0 Å². The minimum absolute atomic E-state index is 0.115. The highest BCUT2D eigenvalue weighted by Gasteiger charge is 2.14. The normalized spacial score (nSPS) is 11.8. The molecule has 78 valence electrons. The summed E-state index contributed by atoms with van der Waals surface area (Å²) in [6, 6.07) is 6.30. The Balaban J connectivity index is 3.17. The van der Waals surface area contributed by atoms with Crippen molar-refractivity contribution < 1.29 is 5.11 Å². The zero-order chi connectivity index (χ0) is 10.8. The van der Waals surface area contributed by atoms with Crippen molar-refractivity contribution in [3.05, 3.63) is 34.9 Å². The van der Waals surface area contributed by atoms with Crippen molar-refractivity contribution in [3.8, 4) is 0 Å². The van der Waals surface area contributed by atoms with E-state index >= 15 is 0 Å². The van der Waals surface area contributed by atoms with Gasteiger partial charge in [0.25, 0.3) is 0 Å². The van der Waals surface area contributed by atoms with E-state index in [-0.39, 0.29) is 12.0 Å². The van der Waals surface area contributed by atoms with Crippen LogP contribution in [0, 0.1) is 0 Å². The molecule has 0 unspecified atom stereocenters. The van der Waals surface area contributed by atoms with Gasteiger partial charge < -0.3 is 5.11 Å². The average Bonchev–Trinajstić information content (AvgIpc) is 2.15. The Kier molecular flexibility index (Phi) is 3.73. The quantitative estimate of drug-likeness (QED) is 0.805. The molecule has 0 aliphatic carbocycles. The third-order valence-electron chi connectivity index (χ3n) is 2.26. The van der Waals surface area contributed by atoms with E-state index in [1.54, 1.807) is 0 Å². The van der Waals surface area contributed by atoms with Gasteiger partial charge >= 0.3 is 0 Å². The zero-order valence-electron chi connectivity index (χ0n) is 8.97. The van der Waals surface area contributed by atoms with Crippen LogP contribution in [0.2, 0.25) is 0 Å². The molecule has 0 fully saturated rings. The lowest BCUT2D eigenvalue weighted by Gasteiger charge is -2.20. The van der Waals surface area contributed by atoms with Crippen LogP contribution >= 0.6 is 15.9 Å². The number of aliphatic hydroxyl groups excluding tert-OH is 1. The second kappa shape index (κ2) is 4.45. The molecule has 1 aromatic carbocycles. The second-order valence-corrected chi connectivity index (χ2v) is 5.14. The Morgan fingerprint density at radius 3 is 2.14 bits per heavy atom. The summed E-state index contributed by atoms with van der Waals surface area (Å²) in [5.41, 5.74) is 3.63. The van der Waals surface area contributed by atoms with Crippen LogP contribution in [0.4, 0.5) is 0 Å². The van der Waals surface area contributed by atoms with Crippen LogP contribution < -0.4 is 0 Å². The number of aliphatic hydroxyl groups is 1. The molecule has 1 aromatic rings. The van der Waals surface area contributed by atoms with Crippen LogP contribution in [-0.4, -0.2) is 5.11 Å². The van der Waals surface area contributed by atoms with Gasteiger partial charge in [0, 0.05) is 5.33 Å². The summed E-state index contributed by atoms with van der Waals surface area (Å²) < 4.78 is 0. The molecular formula is C12H17BrO. The van der Waals surface area contributed by atoms with Crippen molar-refractivity contribution in [1.82, 2.24) is 0 Å². The van der Waals surface area contributed by atoms with E-state index in [0.29, 0.717) is 0 Å². The maximum atomic E-state index is 9.13. The molecule has 1 N–H and O–H groups in total. The molecular weight excluding hydrogens is 240 g/mol.